The third-order valence-electron chi connectivity index (χ3n) is 7.09. The highest BCUT2D eigenvalue weighted by Crippen LogP contribution is 2.32. The highest BCUT2D eigenvalue weighted by Gasteiger charge is 2.33. The van der Waals surface area contributed by atoms with E-state index in [1.165, 1.54) is 49.5 Å². The number of nitrogen functional groups attached to an aromatic ring is 1. The van der Waals surface area contributed by atoms with Gasteiger partial charge in [-0.1, -0.05) is 37.6 Å². The molecule has 2 saturated heterocycles. The third kappa shape index (κ3) is 6.41. The van der Waals surface area contributed by atoms with Crippen molar-refractivity contribution >= 4 is 23.7 Å². The largest absolute Gasteiger partial charge is 0.463 e. The first-order valence-electron chi connectivity index (χ1n) is 12.8. The number of carbonyl (C=O) groups excluding carboxylic acids is 1. The van der Waals surface area contributed by atoms with Crippen LogP contribution < -0.4 is 26.0 Å². The van der Waals surface area contributed by atoms with Gasteiger partial charge in [0.05, 0.1) is 13.2 Å². The van der Waals surface area contributed by atoms with Crippen molar-refractivity contribution in [3.05, 3.63) is 35.4 Å². The van der Waals surface area contributed by atoms with E-state index in [1.54, 1.807) is 7.05 Å². The predicted molar refractivity (Wildman–Crippen MR) is 139 cm³/mol. The molecule has 3 heterocycles. The van der Waals surface area contributed by atoms with Crippen molar-refractivity contribution in [1.82, 2.24) is 20.2 Å². The van der Waals surface area contributed by atoms with E-state index in [1.807, 2.05) is 0 Å². The molecule has 0 spiro atoms. The van der Waals surface area contributed by atoms with Crippen LogP contribution in [0.4, 0.5) is 17.3 Å². The molecule has 0 unspecified atom stereocenters. The number of benzene rings is 1. The van der Waals surface area contributed by atoms with Gasteiger partial charge in [-0.3, -0.25) is 14.6 Å². The smallest absolute Gasteiger partial charge is 0.320 e. The summed E-state index contributed by atoms with van der Waals surface area (Å²) in [6, 6.07) is 8.66. The summed E-state index contributed by atoms with van der Waals surface area (Å²) in [6.07, 6.45) is 5.31. The van der Waals surface area contributed by atoms with Crippen molar-refractivity contribution in [1.29, 1.82) is 0 Å². The first-order chi connectivity index (χ1) is 17.1. The number of ether oxygens (including phenoxy) is 1. The fraction of sp³-hybridized carbons (Fsp3) is 0.577. The number of likely N-dealkylation sites (tertiary alicyclic amines) is 1. The van der Waals surface area contributed by atoms with Gasteiger partial charge in [-0.25, -0.2) is 0 Å². The summed E-state index contributed by atoms with van der Waals surface area (Å²) in [5.41, 5.74) is 8.95. The number of rotatable bonds is 12. The number of carbonyl (C=O) groups is 1. The summed E-state index contributed by atoms with van der Waals surface area (Å²) in [5.74, 6) is 2.41. The number of aromatic nitrogens is 2. The van der Waals surface area contributed by atoms with E-state index in [-0.39, 0.29) is 11.8 Å². The monoisotopic (exact) mass is 481 g/mol. The normalized spacial score (nSPS) is 17.1. The molecular formula is C26H39N7O2. The first-order valence-corrected chi connectivity index (χ1v) is 12.8. The number of hydrogen-bond acceptors (Lipinski definition) is 8. The standard InChI is InChI=1S/C26H39N7O2/c1-3-4-13-35-26-30-24(27)23(28-2)25(31-26)33(18-34)15-20-7-5-19(6-8-20)14-32-16-22(17-32)21-9-11-29-12-10-21/h5-8,18,21-22,28-29H,3-4,9-17H2,1-2H3,(H2,27,30,31). The lowest BCUT2D eigenvalue weighted by molar-refractivity contribution is -0.107. The van der Waals surface area contributed by atoms with E-state index in [0.717, 1.165) is 43.2 Å². The molecule has 2 aliphatic heterocycles. The lowest BCUT2D eigenvalue weighted by atomic mass is 9.80. The van der Waals surface area contributed by atoms with E-state index in [9.17, 15) is 4.79 Å². The Hall–Kier alpha value is -2.91. The molecule has 4 rings (SSSR count). The molecule has 2 aliphatic rings. The SMILES string of the molecule is CCCCOc1nc(N)c(NC)c(N(C=O)Cc2ccc(CN3CC(C4CCNCC4)C3)cc2)n1. The summed E-state index contributed by atoms with van der Waals surface area (Å²) < 4.78 is 5.65. The number of hydrogen-bond donors (Lipinski definition) is 3. The Labute approximate surface area is 208 Å². The molecule has 1 aromatic carbocycles. The minimum absolute atomic E-state index is 0.185. The molecular weight excluding hydrogens is 442 g/mol. The molecule has 190 valence electrons. The Morgan fingerprint density at radius 2 is 1.89 bits per heavy atom. The van der Waals surface area contributed by atoms with Gasteiger partial charge in [0.1, 0.15) is 5.69 Å². The molecule has 1 aromatic heterocycles. The number of piperidine rings is 1. The van der Waals surface area contributed by atoms with Crippen LogP contribution in [0.15, 0.2) is 24.3 Å². The summed E-state index contributed by atoms with van der Waals surface area (Å²) >= 11 is 0. The van der Waals surface area contributed by atoms with Crippen LogP contribution in [0, 0.1) is 11.8 Å². The number of amides is 1. The number of nitrogens with two attached hydrogens (primary N) is 1. The van der Waals surface area contributed by atoms with Crippen molar-refractivity contribution < 1.29 is 9.53 Å². The molecule has 9 nitrogen and oxygen atoms in total. The second-order valence-corrected chi connectivity index (χ2v) is 9.63. The summed E-state index contributed by atoms with van der Waals surface area (Å²) in [5, 5.41) is 6.48. The Morgan fingerprint density at radius 3 is 2.54 bits per heavy atom. The zero-order valence-electron chi connectivity index (χ0n) is 21.0. The molecule has 0 aliphatic carbocycles. The molecule has 0 bridgehead atoms. The molecule has 4 N–H and O–H groups in total. The molecule has 0 atom stereocenters. The van der Waals surface area contributed by atoms with E-state index in [0.29, 0.717) is 24.7 Å². The fourth-order valence-electron chi connectivity index (χ4n) is 4.98. The van der Waals surface area contributed by atoms with Crippen LogP contribution in [0.5, 0.6) is 6.01 Å². The van der Waals surface area contributed by atoms with Crippen molar-refractivity contribution in [2.75, 3.05) is 55.8 Å². The van der Waals surface area contributed by atoms with Crippen LogP contribution in [0.2, 0.25) is 0 Å². The van der Waals surface area contributed by atoms with Crippen LogP contribution in [0.1, 0.15) is 43.7 Å². The molecule has 1 amide bonds. The Morgan fingerprint density at radius 1 is 1.17 bits per heavy atom. The lowest BCUT2D eigenvalue weighted by Gasteiger charge is -2.45. The summed E-state index contributed by atoms with van der Waals surface area (Å²) in [6.45, 7) is 8.70. The minimum atomic E-state index is 0.185. The van der Waals surface area contributed by atoms with E-state index >= 15 is 0 Å². The van der Waals surface area contributed by atoms with Crippen LogP contribution in [0.3, 0.4) is 0 Å². The number of nitrogens with one attached hydrogen (secondary N) is 2. The average Bonchev–Trinajstić information content (AvgIpc) is 2.85. The van der Waals surface area contributed by atoms with Gasteiger partial charge in [0.2, 0.25) is 6.41 Å². The number of anilines is 3. The highest BCUT2D eigenvalue weighted by atomic mass is 16.5. The Bertz CT molecular complexity index is 957. The maximum absolute atomic E-state index is 12.0. The van der Waals surface area contributed by atoms with Gasteiger partial charge in [0, 0.05) is 26.7 Å². The maximum atomic E-state index is 12.0. The molecule has 2 fully saturated rings. The summed E-state index contributed by atoms with van der Waals surface area (Å²) in [7, 11) is 1.74. The van der Waals surface area contributed by atoms with Crippen molar-refractivity contribution in [3.63, 3.8) is 0 Å². The zero-order valence-corrected chi connectivity index (χ0v) is 21.0. The van der Waals surface area contributed by atoms with Gasteiger partial charge in [-0.05, 0) is 55.3 Å². The molecule has 9 heteroatoms. The van der Waals surface area contributed by atoms with Gasteiger partial charge in [0.15, 0.2) is 11.6 Å². The zero-order chi connectivity index (χ0) is 24.6. The Kier molecular flexibility index (Phi) is 8.76. The van der Waals surface area contributed by atoms with Crippen molar-refractivity contribution in [3.8, 4) is 6.01 Å². The third-order valence-corrected chi connectivity index (χ3v) is 7.09. The second kappa shape index (κ2) is 12.2. The van der Waals surface area contributed by atoms with E-state index in [2.05, 4.69) is 56.7 Å². The minimum Gasteiger partial charge on any atom is -0.463 e. The molecule has 0 radical (unpaired) electrons. The average molecular weight is 482 g/mol. The van der Waals surface area contributed by atoms with Crippen LogP contribution in [-0.4, -0.2) is 61.1 Å². The lowest BCUT2D eigenvalue weighted by Crippen LogP contribution is -2.51. The van der Waals surface area contributed by atoms with Gasteiger partial charge < -0.3 is 21.1 Å². The quantitative estimate of drug-likeness (QED) is 0.314. The second-order valence-electron chi connectivity index (χ2n) is 9.63. The van der Waals surface area contributed by atoms with Crippen LogP contribution >= 0.6 is 0 Å². The van der Waals surface area contributed by atoms with Crippen molar-refractivity contribution in [2.45, 2.75) is 45.7 Å². The van der Waals surface area contributed by atoms with E-state index in [4.69, 9.17) is 10.5 Å². The highest BCUT2D eigenvalue weighted by molar-refractivity contribution is 5.85. The van der Waals surface area contributed by atoms with Gasteiger partial charge >= 0.3 is 6.01 Å². The van der Waals surface area contributed by atoms with Crippen LogP contribution in [-0.2, 0) is 17.9 Å². The van der Waals surface area contributed by atoms with Crippen LogP contribution in [0.25, 0.3) is 0 Å². The summed E-state index contributed by atoms with van der Waals surface area (Å²) in [4.78, 5) is 24.8. The first kappa shape index (κ1) is 25.2. The fourth-order valence-corrected chi connectivity index (χ4v) is 4.98. The molecule has 0 saturated carbocycles. The number of unbranched alkanes of at least 4 members (excludes halogenated alkanes) is 1. The molecule has 2 aromatic rings. The predicted octanol–water partition coefficient (Wildman–Crippen LogP) is 2.87. The van der Waals surface area contributed by atoms with Crippen molar-refractivity contribution in [2.24, 2.45) is 11.8 Å². The topological polar surface area (TPSA) is 109 Å². The van der Waals surface area contributed by atoms with Gasteiger partial charge in [-0.15, -0.1) is 0 Å². The maximum Gasteiger partial charge on any atom is 0.320 e. The van der Waals surface area contributed by atoms with Gasteiger partial charge in [-0.2, -0.15) is 9.97 Å². The van der Waals surface area contributed by atoms with Gasteiger partial charge in [0.25, 0.3) is 0 Å². The number of nitrogens with zero attached hydrogens (tertiary/aromatic N) is 4. The molecule has 35 heavy (non-hydrogen) atoms. The Balaban J connectivity index is 1.36. The van der Waals surface area contributed by atoms with E-state index < -0.39 is 0 Å².